The van der Waals surface area contributed by atoms with Gasteiger partial charge in [0, 0.05) is 6.07 Å². The van der Waals surface area contributed by atoms with Crippen LogP contribution in [0.4, 0.5) is 10.1 Å². The molecular formula is C13H11FN2O4. The van der Waals surface area contributed by atoms with Crippen LogP contribution in [0.25, 0.3) is 0 Å². The van der Waals surface area contributed by atoms with E-state index in [2.05, 4.69) is 11.2 Å². The van der Waals surface area contributed by atoms with E-state index in [0.717, 1.165) is 12.1 Å². The van der Waals surface area contributed by atoms with E-state index >= 15 is 0 Å². The van der Waals surface area contributed by atoms with Crippen LogP contribution in [0, 0.1) is 28.0 Å². The van der Waals surface area contributed by atoms with Gasteiger partial charge in [-0.15, -0.1) is 4.91 Å². The number of nitriles is 1. The van der Waals surface area contributed by atoms with Crippen LogP contribution in [0.15, 0.2) is 23.4 Å². The van der Waals surface area contributed by atoms with Gasteiger partial charge in [0.25, 0.3) is 0 Å². The molecule has 2 saturated heterocycles. The van der Waals surface area contributed by atoms with Gasteiger partial charge >= 0.3 is 0 Å². The summed E-state index contributed by atoms with van der Waals surface area (Å²) in [6.45, 7) is 0.510. The van der Waals surface area contributed by atoms with Crippen molar-refractivity contribution in [2.45, 2.75) is 18.3 Å². The smallest absolute Gasteiger partial charge is 0.152 e. The number of nitrogens with zero attached hydrogens (tertiary/aromatic N) is 2. The van der Waals surface area contributed by atoms with Crippen LogP contribution in [-0.4, -0.2) is 31.5 Å². The van der Waals surface area contributed by atoms with Crippen molar-refractivity contribution in [1.82, 2.24) is 0 Å². The summed E-state index contributed by atoms with van der Waals surface area (Å²) in [7, 11) is 0. The highest BCUT2D eigenvalue weighted by atomic mass is 19.1. The Morgan fingerprint density at radius 3 is 2.90 bits per heavy atom. The lowest BCUT2D eigenvalue weighted by molar-refractivity contribution is 0.0304. The first-order chi connectivity index (χ1) is 9.72. The quantitative estimate of drug-likeness (QED) is 0.789. The van der Waals surface area contributed by atoms with Crippen molar-refractivity contribution in [3.63, 3.8) is 0 Å². The maximum atomic E-state index is 13.2. The normalized spacial score (nSPS) is 31.6. The third-order valence-corrected chi connectivity index (χ3v) is 3.47. The van der Waals surface area contributed by atoms with Gasteiger partial charge in [-0.2, -0.15) is 5.26 Å². The van der Waals surface area contributed by atoms with Gasteiger partial charge in [0.1, 0.15) is 23.7 Å². The Labute approximate surface area is 114 Å². The summed E-state index contributed by atoms with van der Waals surface area (Å²) in [5.74, 6) is -0.798. The average Bonchev–Trinajstić information content (AvgIpc) is 3.02. The molecule has 0 aliphatic carbocycles. The summed E-state index contributed by atoms with van der Waals surface area (Å²) in [5, 5.41) is 11.7. The maximum Gasteiger partial charge on any atom is 0.152 e. The molecule has 0 saturated carbocycles. The summed E-state index contributed by atoms with van der Waals surface area (Å²) in [6, 6.07) is 5.60. The van der Waals surface area contributed by atoms with Crippen molar-refractivity contribution < 1.29 is 18.6 Å². The molecule has 4 atom stereocenters. The fraction of sp³-hybridized carbons (Fsp3) is 0.462. The average molecular weight is 278 g/mol. The lowest BCUT2D eigenvalue weighted by Crippen LogP contribution is -2.33. The van der Waals surface area contributed by atoms with Crippen LogP contribution < -0.4 is 4.74 Å². The number of fused-ring (bicyclic) bond motifs is 1. The minimum atomic E-state index is -0.523. The molecule has 0 unspecified atom stereocenters. The second kappa shape index (κ2) is 5.15. The van der Waals surface area contributed by atoms with E-state index in [1.165, 1.54) is 6.07 Å². The molecule has 104 valence electrons. The molecule has 2 aliphatic rings. The van der Waals surface area contributed by atoms with Crippen LogP contribution >= 0.6 is 0 Å². The molecule has 0 radical (unpaired) electrons. The van der Waals surface area contributed by atoms with E-state index in [-0.39, 0.29) is 42.8 Å². The Hall–Kier alpha value is -2.04. The first-order valence-electron chi connectivity index (χ1n) is 6.15. The van der Waals surface area contributed by atoms with Crippen molar-refractivity contribution >= 4 is 5.69 Å². The van der Waals surface area contributed by atoms with Gasteiger partial charge in [0.2, 0.25) is 0 Å². The van der Waals surface area contributed by atoms with E-state index in [1.54, 1.807) is 0 Å². The zero-order valence-corrected chi connectivity index (χ0v) is 10.4. The molecule has 0 spiro atoms. The first-order valence-corrected chi connectivity index (χ1v) is 6.15. The highest BCUT2D eigenvalue weighted by Gasteiger charge is 2.49. The van der Waals surface area contributed by atoms with Crippen molar-refractivity contribution in [2.24, 2.45) is 11.1 Å². The van der Waals surface area contributed by atoms with Crippen molar-refractivity contribution in [2.75, 3.05) is 13.2 Å². The largest absolute Gasteiger partial charge is 0.483 e. The molecule has 0 amide bonds. The molecule has 1 aromatic carbocycles. The lowest BCUT2D eigenvalue weighted by atomic mass is 10.0. The molecule has 2 fully saturated rings. The van der Waals surface area contributed by atoms with Crippen LogP contribution in [0.3, 0.4) is 0 Å². The first kappa shape index (κ1) is 13.0. The Morgan fingerprint density at radius 2 is 2.15 bits per heavy atom. The van der Waals surface area contributed by atoms with E-state index in [1.807, 2.05) is 0 Å². The van der Waals surface area contributed by atoms with E-state index < -0.39 is 11.9 Å². The van der Waals surface area contributed by atoms with Gasteiger partial charge in [-0.3, -0.25) is 0 Å². The number of ether oxygens (including phenoxy) is 3. The van der Waals surface area contributed by atoms with E-state index in [9.17, 15) is 9.30 Å². The molecule has 0 aromatic heterocycles. The summed E-state index contributed by atoms with van der Waals surface area (Å²) >= 11 is 0. The Balaban J connectivity index is 1.78. The number of benzene rings is 1. The Bertz CT molecular complexity index is 574. The molecule has 2 aliphatic heterocycles. The topological polar surface area (TPSA) is 80.9 Å². The molecule has 1 aromatic rings. The minimum absolute atomic E-state index is 0.0182. The standard InChI is InChI=1S/C13H11FN2O4/c14-8-1-2-9(16-17)10(3-8)20-11-6-19-12-7(4-15)5-18-13(11)12/h1-3,7,11-13H,5-6H2/t7-,11+,12+,13+/m0/s1. The summed E-state index contributed by atoms with van der Waals surface area (Å²) in [6.07, 6.45) is -1.21. The van der Waals surface area contributed by atoms with E-state index in [4.69, 9.17) is 19.5 Å². The van der Waals surface area contributed by atoms with Gasteiger partial charge in [-0.1, -0.05) is 0 Å². The van der Waals surface area contributed by atoms with Gasteiger partial charge in [0.05, 0.1) is 25.2 Å². The van der Waals surface area contributed by atoms with Gasteiger partial charge in [-0.25, -0.2) is 4.39 Å². The van der Waals surface area contributed by atoms with Gasteiger partial charge in [-0.05, 0) is 17.3 Å². The number of hydrogen-bond donors (Lipinski definition) is 0. The molecular weight excluding hydrogens is 267 g/mol. The SMILES string of the molecule is N#C[C@H]1CO[C@H]2[C@@H]1OC[C@H]2Oc1cc(F)ccc1N=O. The van der Waals surface area contributed by atoms with Crippen molar-refractivity contribution in [3.8, 4) is 11.8 Å². The predicted molar refractivity (Wildman–Crippen MR) is 64.9 cm³/mol. The van der Waals surface area contributed by atoms with Crippen LogP contribution in [0.1, 0.15) is 0 Å². The number of halogens is 1. The third kappa shape index (κ3) is 2.13. The monoisotopic (exact) mass is 278 g/mol. The van der Waals surface area contributed by atoms with Crippen molar-refractivity contribution in [3.05, 3.63) is 28.9 Å². The fourth-order valence-corrected chi connectivity index (χ4v) is 2.50. The van der Waals surface area contributed by atoms with Crippen LogP contribution in [0.5, 0.6) is 5.75 Å². The molecule has 20 heavy (non-hydrogen) atoms. The molecule has 0 N–H and O–H groups in total. The second-order valence-corrected chi connectivity index (χ2v) is 4.69. The minimum Gasteiger partial charge on any atom is -0.483 e. The summed E-state index contributed by atoms with van der Waals surface area (Å²) in [4.78, 5) is 10.7. The lowest BCUT2D eigenvalue weighted by Gasteiger charge is -2.18. The Morgan fingerprint density at radius 1 is 1.35 bits per heavy atom. The zero-order valence-electron chi connectivity index (χ0n) is 10.4. The van der Waals surface area contributed by atoms with Gasteiger partial charge < -0.3 is 14.2 Å². The van der Waals surface area contributed by atoms with Crippen LogP contribution in [0.2, 0.25) is 0 Å². The molecule has 2 heterocycles. The number of hydrogen-bond acceptors (Lipinski definition) is 6. The number of nitroso groups, excluding NO2 is 1. The van der Waals surface area contributed by atoms with Crippen molar-refractivity contribution in [1.29, 1.82) is 5.26 Å². The van der Waals surface area contributed by atoms with E-state index in [0.29, 0.717) is 0 Å². The maximum absolute atomic E-state index is 13.2. The predicted octanol–water partition coefficient (Wildman–Crippen LogP) is 1.91. The summed E-state index contributed by atoms with van der Waals surface area (Å²) < 4.78 is 29.8. The van der Waals surface area contributed by atoms with Crippen LogP contribution in [-0.2, 0) is 9.47 Å². The molecule has 0 bridgehead atoms. The third-order valence-electron chi connectivity index (χ3n) is 3.47. The molecule has 6 nitrogen and oxygen atoms in total. The summed E-state index contributed by atoms with van der Waals surface area (Å²) in [5.41, 5.74) is 0.0182. The zero-order chi connectivity index (χ0) is 14.1. The van der Waals surface area contributed by atoms with Gasteiger partial charge in [0.15, 0.2) is 11.9 Å². The highest BCUT2D eigenvalue weighted by molar-refractivity contribution is 5.51. The fourth-order valence-electron chi connectivity index (χ4n) is 2.50. The Kier molecular flexibility index (Phi) is 3.34. The number of rotatable bonds is 3. The molecule has 3 rings (SSSR count). The second-order valence-electron chi connectivity index (χ2n) is 4.69. The molecule has 7 heteroatoms. The highest BCUT2D eigenvalue weighted by Crippen LogP contribution is 2.35.